The van der Waals surface area contributed by atoms with Crippen molar-refractivity contribution in [1.29, 1.82) is 0 Å². The third-order valence-electron chi connectivity index (χ3n) is 3.99. The minimum Gasteiger partial charge on any atom is -0.390 e. The summed E-state index contributed by atoms with van der Waals surface area (Å²) in [5.74, 6) is 1.24. The first-order chi connectivity index (χ1) is 10.6. The fourth-order valence-electron chi connectivity index (χ4n) is 2.79. The Morgan fingerprint density at radius 3 is 2.91 bits per heavy atom. The van der Waals surface area contributed by atoms with E-state index in [1.165, 1.54) is 5.56 Å². The van der Waals surface area contributed by atoms with E-state index in [-0.39, 0.29) is 0 Å². The lowest BCUT2D eigenvalue weighted by atomic mass is 10.1. The zero-order chi connectivity index (χ0) is 15.5. The molecule has 0 radical (unpaired) electrons. The summed E-state index contributed by atoms with van der Waals surface area (Å²) in [5, 5.41) is 14.4. The second kappa shape index (κ2) is 6.54. The van der Waals surface area contributed by atoms with Crippen molar-refractivity contribution < 1.29 is 5.11 Å². The molecule has 3 rings (SSSR count). The summed E-state index contributed by atoms with van der Waals surface area (Å²) in [6, 6.07) is 1.87. The largest absolute Gasteiger partial charge is 0.390 e. The quantitative estimate of drug-likeness (QED) is 0.899. The fourth-order valence-corrected chi connectivity index (χ4v) is 2.79. The summed E-state index contributed by atoms with van der Waals surface area (Å²) in [6.07, 6.45) is 6.09. The molecule has 1 aliphatic heterocycles. The maximum absolute atomic E-state index is 10.2. The lowest BCUT2D eigenvalue weighted by Crippen LogP contribution is -2.38. The highest BCUT2D eigenvalue weighted by Crippen LogP contribution is 2.19. The van der Waals surface area contributed by atoms with Gasteiger partial charge >= 0.3 is 0 Å². The number of aromatic nitrogens is 4. The zero-order valence-corrected chi connectivity index (χ0v) is 13.2. The number of rotatable bonds is 5. The lowest BCUT2D eigenvalue weighted by Gasteiger charge is -2.29. The molecule has 2 aromatic heterocycles. The highest BCUT2D eigenvalue weighted by molar-refractivity contribution is 5.21. The number of β-amino-alcohol motifs (C(OH)–C–C–N with tert-alkyl or cyclic N) is 1. The van der Waals surface area contributed by atoms with Gasteiger partial charge in [-0.25, -0.2) is 9.97 Å². The van der Waals surface area contributed by atoms with Gasteiger partial charge in [0.05, 0.1) is 18.3 Å². The van der Waals surface area contributed by atoms with E-state index in [2.05, 4.69) is 28.8 Å². The second-order valence-corrected chi connectivity index (χ2v) is 6.22. The standard InChI is InChI=1S/C16H23N5O/c1-12(2)16-17-8-13-4-7-20(11-15(13)19-16)9-14(22)10-21-6-3-5-18-21/h3,5-6,8,12,14,22H,4,7,9-11H2,1-2H3. The van der Waals surface area contributed by atoms with E-state index in [0.717, 1.165) is 31.0 Å². The number of aliphatic hydroxyl groups excluding tert-OH is 1. The molecule has 1 aliphatic rings. The number of hydrogen-bond acceptors (Lipinski definition) is 5. The van der Waals surface area contributed by atoms with Gasteiger partial charge in [-0.05, 0) is 18.1 Å². The van der Waals surface area contributed by atoms with Crippen molar-refractivity contribution in [2.45, 2.75) is 45.4 Å². The molecule has 0 fully saturated rings. The molecular formula is C16H23N5O. The van der Waals surface area contributed by atoms with Crippen molar-refractivity contribution in [3.8, 4) is 0 Å². The van der Waals surface area contributed by atoms with Crippen molar-refractivity contribution in [1.82, 2.24) is 24.6 Å². The summed E-state index contributed by atoms with van der Waals surface area (Å²) < 4.78 is 1.77. The summed E-state index contributed by atoms with van der Waals surface area (Å²) in [4.78, 5) is 11.4. The molecule has 0 aromatic carbocycles. The predicted octanol–water partition coefficient (Wildman–Crippen LogP) is 1.22. The first-order valence-corrected chi connectivity index (χ1v) is 7.84. The highest BCUT2D eigenvalue weighted by atomic mass is 16.3. The normalized spacial score (nSPS) is 16.7. The van der Waals surface area contributed by atoms with Crippen LogP contribution in [0.3, 0.4) is 0 Å². The van der Waals surface area contributed by atoms with Crippen molar-refractivity contribution in [2.75, 3.05) is 13.1 Å². The van der Waals surface area contributed by atoms with Gasteiger partial charge in [0.25, 0.3) is 0 Å². The van der Waals surface area contributed by atoms with Gasteiger partial charge in [0.15, 0.2) is 0 Å². The Kier molecular flexibility index (Phi) is 4.49. The van der Waals surface area contributed by atoms with Crippen molar-refractivity contribution in [3.05, 3.63) is 41.7 Å². The average Bonchev–Trinajstić information content (AvgIpc) is 2.99. The topological polar surface area (TPSA) is 67.1 Å². The molecule has 0 saturated carbocycles. The van der Waals surface area contributed by atoms with Gasteiger partial charge in [-0.1, -0.05) is 13.8 Å². The smallest absolute Gasteiger partial charge is 0.131 e. The van der Waals surface area contributed by atoms with Crippen molar-refractivity contribution in [2.24, 2.45) is 0 Å². The van der Waals surface area contributed by atoms with Crippen LogP contribution in [0.4, 0.5) is 0 Å². The Bertz CT molecular complexity index is 611. The number of nitrogens with zero attached hydrogens (tertiary/aromatic N) is 5. The Balaban J connectivity index is 1.62. The van der Waals surface area contributed by atoms with Gasteiger partial charge in [0, 0.05) is 44.1 Å². The van der Waals surface area contributed by atoms with Gasteiger partial charge in [0.1, 0.15) is 5.82 Å². The van der Waals surface area contributed by atoms with Crippen LogP contribution in [0.25, 0.3) is 0 Å². The van der Waals surface area contributed by atoms with Gasteiger partial charge in [-0.15, -0.1) is 0 Å². The number of aliphatic hydroxyl groups is 1. The third-order valence-corrected chi connectivity index (χ3v) is 3.99. The summed E-state index contributed by atoms with van der Waals surface area (Å²) in [5.41, 5.74) is 2.35. The Morgan fingerprint density at radius 2 is 2.18 bits per heavy atom. The van der Waals surface area contributed by atoms with E-state index in [1.807, 2.05) is 18.5 Å². The predicted molar refractivity (Wildman–Crippen MR) is 83.3 cm³/mol. The van der Waals surface area contributed by atoms with E-state index in [0.29, 0.717) is 19.0 Å². The molecule has 6 heteroatoms. The van der Waals surface area contributed by atoms with Crippen LogP contribution < -0.4 is 0 Å². The Hall–Kier alpha value is -1.79. The van der Waals surface area contributed by atoms with Crippen molar-refractivity contribution >= 4 is 0 Å². The lowest BCUT2D eigenvalue weighted by molar-refractivity contribution is 0.0880. The molecule has 2 aromatic rings. The Morgan fingerprint density at radius 1 is 1.32 bits per heavy atom. The van der Waals surface area contributed by atoms with Crippen LogP contribution in [-0.2, 0) is 19.5 Å². The van der Waals surface area contributed by atoms with Crippen LogP contribution >= 0.6 is 0 Å². The molecule has 3 heterocycles. The molecular weight excluding hydrogens is 278 g/mol. The maximum atomic E-state index is 10.2. The fraction of sp³-hybridized carbons (Fsp3) is 0.562. The van der Waals surface area contributed by atoms with E-state index >= 15 is 0 Å². The zero-order valence-electron chi connectivity index (χ0n) is 13.2. The van der Waals surface area contributed by atoms with Gasteiger partial charge in [-0.3, -0.25) is 9.58 Å². The molecule has 0 saturated heterocycles. The van der Waals surface area contributed by atoms with Crippen LogP contribution in [0.5, 0.6) is 0 Å². The maximum Gasteiger partial charge on any atom is 0.131 e. The summed E-state index contributed by atoms with van der Waals surface area (Å²) in [7, 11) is 0. The van der Waals surface area contributed by atoms with Crippen LogP contribution in [0.2, 0.25) is 0 Å². The van der Waals surface area contributed by atoms with E-state index in [1.54, 1.807) is 10.9 Å². The first-order valence-electron chi connectivity index (χ1n) is 7.84. The molecule has 22 heavy (non-hydrogen) atoms. The van der Waals surface area contributed by atoms with E-state index < -0.39 is 6.10 Å². The van der Waals surface area contributed by atoms with E-state index in [9.17, 15) is 5.11 Å². The van der Waals surface area contributed by atoms with Crippen LogP contribution in [0, 0.1) is 0 Å². The molecule has 0 spiro atoms. The average molecular weight is 301 g/mol. The molecule has 1 unspecified atom stereocenters. The van der Waals surface area contributed by atoms with Gasteiger partial charge < -0.3 is 5.11 Å². The minimum absolute atomic E-state index is 0.339. The Labute approximate surface area is 130 Å². The summed E-state index contributed by atoms with van der Waals surface area (Å²) in [6.45, 7) is 7.10. The van der Waals surface area contributed by atoms with Gasteiger partial charge in [0.2, 0.25) is 0 Å². The minimum atomic E-state index is -0.423. The molecule has 1 N–H and O–H groups in total. The van der Waals surface area contributed by atoms with Crippen LogP contribution in [0.15, 0.2) is 24.7 Å². The van der Waals surface area contributed by atoms with E-state index in [4.69, 9.17) is 4.98 Å². The number of hydrogen-bond donors (Lipinski definition) is 1. The molecule has 0 bridgehead atoms. The molecule has 6 nitrogen and oxygen atoms in total. The molecule has 0 amide bonds. The molecule has 1 atom stereocenters. The molecule has 118 valence electrons. The highest BCUT2D eigenvalue weighted by Gasteiger charge is 2.21. The third kappa shape index (κ3) is 3.51. The van der Waals surface area contributed by atoms with Crippen molar-refractivity contribution in [3.63, 3.8) is 0 Å². The number of fused-ring (bicyclic) bond motifs is 1. The first kappa shape index (κ1) is 15.1. The second-order valence-electron chi connectivity index (χ2n) is 6.22. The van der Waals surface area contributed by atoms with Crippen LogP contribution in [0.1, 0.15) is 36.8 Å². The van der Waals surface area contributed by atoms with Crippen LogP contribution in [-0.4, -0.2) is 48.9 Å². The molecule has 0 aliphatic carbocycles. The summed E-state index contributed by atoms with van der Waals surface area (Å²) >= 11 is 0. The van der Waals surface area contributed by atoms with Gasteiger partial charge in [-0.2, -0.15) is 5.10 Å². The monoisotopic (exact) mass is 301 g/mol. The SMILES string of the molecule is CC(C)c1ncc2c(n1)CN(CC(O)Cn1cccn1)CC2.